The molecule has 122 heavy (non-hydrogen) atoms. The predicted octanol–water partition coefficient (Wildman–Crippen LogP) is 34.2. The van der Waals surface area contributed by atoms with Gasteiger partial charge in [0.2, 0.25) is 0 Å². The van der Waals surface area contributed by atoms with Crippen LogP contribution in [-0.2, 0) is 21.7 Å². The fourth-order valence-electron chi connectivity index (χ4n) is 23.7. The predicted molar refractivity (Wildman–Crippen MR) is 526 cm³/mol. The van der Waals surface area contributed by atoms with Crippen LogP contribution in [0.25, 0.3) is 227 Å². The van der Waals surface area contributed by atoms with Gasteiger partial charge in [0.05, 0.1) is 0 Å². The average Bonchev–Trinajstić information content (AvgIpc) is 1.53. The summed E-state index contributed by atoms with van der Waals surface area (Å²) in [7, 11) is 0. The lowest BCUT2D eigenvalue weighted by molar-refractivity contribution is 0.660. The van der Waals surface area contributed by atoms with Gasteiger partial charge in [0.1, 0.15) is 0 Å². The van der Waals surface area contributed by atoms with Crippen molar-refractivity contribution in [2.75, 3.05) is 0 Å². The van der Waals surface area contributed by atoms with Gasteiger partial charge < -0.3 is 0 Å². The van der Waals surface area contributed by atoms with Gasteiger partial charge in [0, 0.05) is 67.6 Å². The first kappa shape index (κ1) is 70.3. The molecule has 0 amide bonds. The Morgan fingerprint density at radius 3 is 1.12 bits per heavy atom. The summed E-state index contributed by atoms with van der Waals surface area (Å²) in [4.78, 5) is 0. The van der Waals surface area contributed by atoms with Crippen LogP contribution in [0.2, 0.25) is 0 Å². The molecule has 0 radical (unpaired) electrons. The SMILES string of the molecule is CC1(C)c2ccc(-c3c4ccccc4c(-c4ccccc4)c4ccccc34)cc2-c2ccc(-c3ccc4c(c3)C(C)(C)c3c-4c4sc5c(-c6ccc7c(c6)C(C)(C)c6c-7cc(-c7ccc8c(c7)C(C)(C)c7cc(-c9c%10ccccc%10c(-c%10ccccc%10)c%10ccccc9%10)ccc7-8)c7cc8c(cc67)sc6ccccc68)cccc5c4c4ccccc34)cc21. The zero-order valence-electron chi connectivity index (χ0n) is 69.3. The number of hydrogen-bond acceptors (Lipinski definition) is 2. The van der Waals surface area contributed by atoms with Gasteiger partial charge >= 0.3 is 0 Å². The van der Waals surface area contributed by atoms with Crippen LogP contribution in [0.15, 0.2) is 352 Å². The van der Waals surface area contributed by atoms with Crippen molar-refractivity contribution in [1.82, 2.24) is 0 Å². The van der Waals surface area contributed by atoms with E-state index in [1.54, 1.807) is 0 Å². The summed E-state index contributed by atoms with van der Waals surface area (Å²) < 4.78 is 5.37. The minimum Gasteiger partial charge on any atom is -0.135 e. The molecule has 0 saturated carbocycles. The average molecular weight is 1590 g/mol. The van der Waals surface area contributed by atoms with Crippen LogP contribution in [-0.4, -0.2) is 0 Å². The Morgan fingerprint density at radius 1 is 0.164 bits per heavy atom. The first-order valence-electron chi connectivity index (χ1n) is 43.3. The van der Waals surface area contributed by atoms with E-state index in [1.807, 2.05) is 22.7 Å². The Bertz CT molecular complexity index is 8370. The number of rotatable bonds is 7. The van der Waals surface area contributed by atoms with Gasteiger partial charge in [-0.3, -0.25) is 0 Å². The Morgan fingerprint density at radius 2 is 0.557 bits per heavy atom. The molecule has 4 aliphatic carbocycles. The molecule has 0 fully saturated rings. The third kappa shape index (κ3) is 9.52. The third-order valence-corrected chi connectivity index (χ3v) is 31.8. The van der Waals surface area contributed by atoms with Gasteiger partial charge in [-0.05, 0) is 287 Å². The first-order valence-corrected chi connectivity index (χ1v) is 44.9. The second-order valence-electron chi connectivity index (χ2n) is 37.1. The van der Waals surface area contributed by atoms with Crippen LogP contribution in [0.3, 0.4) is 0 Å². The molecule has 2 heterocycles. The third-order valence-electron chi connectivity index (χ3n) is 29.4. The lowest BCUT2D eigenvalue weighted by Crippen LogP contribution is -2.16. The maximum absolute atomic E-state index is 2.59. The van der Waals surface area contributed by atoms with E-state index in [0.29, 0.717) is 0 Å². The molecule has 20 aromatic carbocycles. The number of thiophene rings is 2. The van der Waals surface area contributed by atoms with Crippen LogP contribution >= 0.6 is 22.7 Å². The molecule has 22 aromatic rings. The molecule has 0 aliphatic heterocycles. The summed E-state index contributed by atoms with van der Waals surface area (Å²) in [5.74, 6) is 0. The van der Waals surface area contributed by atoms with Crippen LogP contribution < -0.4 is 0 Å². The van der Waals surface area contributed by atoms with E-state index in [4.69, 9.17) is 0 Å². The molecule has 0 nitrogen and oxygen atoms in total. The van der Waals surface area contributed by atoms with Crippen molar-refractivity contribution in [2.45, 2.75) is 77.0 Å². The van der Waals surface area contributed by atoms with Gasteiger partial charge in [-0.25, -0.2) is 0 Å². The molecule has 0 bridgehead atoms. The minimum atomic E-state index is -0.326. The highest BCUT2D eigenvalue weighted by molar-refractivity contribution is 7.27. The summed E-state index contributed by atoms with van der Waals surface area (Å²) in [5.41, 5.74) is 38.5. The highest BCUT2D eigenvalue weighted by Gasteiger charge is 2.44. The molecule has 0 saturated heterocycles. The Balaban J connectivity index is 0.576. The zero-order chi connectivity index (χ0) is 81.3. The standard InChI is InChI=1S/C120H82S2/c1-117(2)99-57-51-73(109-85-37-19-15-33-81(85)107(67-28-11-9-12-29-67)82-34-16-20-38-86(82)109)58-95(99)78-52-46-69(59-100(78)117)70-47-56-91-104(60-70)120(7,8)114-90-42-24-23-41-89(90)111-92-44-27-43-75(115(92)122-116(111)112(91)114)71-48-54-79-97-64-93(94-65-96-80-32-25-26-45-105(80)121-106(96)66-98(94)113(97)119(5,6)103(79)61-71)72-49-53-76-77-55-50-74(63-102(77)118(3,4)101(76)62-72)110-87-39-21-17-35-83(87)108(68-30-13-10-14-31-68)84-36-18-22-40-88(84)110/h9-66H,1-8H3. The molecule has 0 unspecified atom stereocenters. The van der Waals surface area contributed by atoms with E-state index in [-0.39, 0.29) is 21.7 Å². The van der Waals surface area contributed by atoms with E-state index in [9.17, 15) is 0 Å². The molecule has 4 aliphatic rings. The van der Waals surface area contributed by atoms with Gasteiger partial charge in [-0.15, -0.1) is 22.7 Å². The first-order chi connectivity index (χ1) is 59.5. The number of hydrogen-bond donors (Lipinski definition) is 0. The van der Waals surface area contributed by atoms with E-state index in [2.05, 4.69) is 407 Å². The minimum absolute atomic E-state index is 0.206. The molecule has 2 heteroatoms. The Labute approximate surface area is 718 Å². The lowest BCUT2D eigenvalue weighted by atomic mass is 9.78. The van der Waals surface area contributed by atoms with Crippen molar-refractivity contribution >= 4 is 128 Å². The number of fused-ring (bicyclic) bond motifs is 28. The van der Waals surface area contributed by atoms with E-state index in [1.165, 1.54) is 272 Å². The fraction of sp³-hybridized carbons (Fsp3) is 0.100. The van der Waals surface area contributed by atoms with Crippen LogP contribution in [0.4, 0.5) is 0 Å². The summed E-state index contributed by atoms with van der Waals surface area (Å²) in [6, 6.07) is 136. The molecule has 0 N–H and O–H groups in total. The molecule has 2 aromatic heterocycles. The summed E-state index contributed by atoms with van der Waals surface area (Å²) in [6.07, 6.45) is 0. The summed E-state index contributed by atoms with van der Waals surface area (Å²) in [5, 5.41) is 20.9. The van der Waals surface area contributed by atoms with E-state index >= 15 is 0 Å². The van der Waals surface area contributed by atoms with Crippen molar-refractivity contribution in [1.29, 1.82) is 0 Å². The normalized spacial score (nSPS) is 14.7. The molecule has 0 spiro atoms. The Hall–Kier alpha value is -13.6. The van der Waals surface area contributed by atoms with Crippen molar-refractivity contribution in [3.8, 4) is 122 Å². The lowest BCUT2D eigenvalue weighted by Gasteiger charge is -2.25. The highest BCUT2D eigenvalue weighted by atomic mass is 32.1. The largest absolute Gasteiger partial charge is 0.135 e. The van der Waals surface area contributed by atoms with Crippen molar-refractivity contribution in [3.05, 3.63) is 396 Å². The monoisotopic (exact) mass is 1590 g/mol. The smallest absolute Gasteiger partial charge is 0.0443 e. The van der Waals surface area contributed by atoms with Crippen molar-refractivity contribution in [2.24, 2.45) is 0 Å². The molecule has 0 atom stereocenters. The maximum atomic E-state index is 2.59. The second-order valence-corrected chi connectivity index (χ2v) is 39.2. The van der Waals surface area contributed by atoms with Gasteiger partial charge in [0.25, 0.3) is 0 Å². The van der Waals surface area contributed by atoms with Gasteiger partial charge in [0.15, 0.2) is 0 Å². The zero-order valence-corrected chi connectivity index (χ0v) is 70.9. The quantitative estimate of drug-likeness (QED) is 0.140. The van der Waals surface area contributed by atoms with Gasteiger partial charge in [-0.1, -0.05) is 347 Å². The number of benzene rings is 20. The van der Waals surface area contributed by atoms with E-state index in [0.717, 1.165) is 0 Å². The molecular weight excluding hydrogens is 1510 g/mol. The molecule has 574 valence electrons. The Kier molecular flexibility index (Phi) is 14.4. The van der Waals surface area contributed by atoms with E-state index < -0.39 is 0 Å². The highest BCUT2D eigenvalue weighted by Crippen LogP contribution is 2.63. The van der Waals surface area contributed by atoms with Crippen molar-refractivity contribution in [3.63, 3.8) is 0 Å². The summed E-state index contributed by atoms with van der Waals surface area (Å²) in [6.45, 7) is 19.7. The summed E-state index contributed by atoms with van der Waals surface area (Å²) >= 11 is 3.93. The molecular formula is C120H82S2. The topological polar surface area (TPSA) is 0 Å². The van der Waals surface area contributed by atoms with Crippen LogP contribution in [0.1, 0.15) is 99.9 Å². The van der Waals surface area contributed by atoms with Gasteiger partial charge in [-0.2, -0.15) is 0 Å². The fourth-order valence-corrected chi connectivity index (χ4v) is 26.2. The van der Waals surface area contributed by atoms with Crippen molar-refractivity contribution < 1.29 is 0 Å². The molecule has 26 rings (SSSR count). The maximum Gasteiger partial charge on any atom is 0.0443 e. The van der Waals surface area contributed by atoms with Crippen LogP contribution in [0.5, 0.6) is 0 Å². The second kappa shape index (κ2) is 25.0. The van der Waals surface area contributed by atoms with Crippen LogP contribution in [0, 0.1) is 0 Å².